The number of unbranched alkanes of at least 4 members (excludes halogenated alkanes) is 40. The summed E-state index contributed by atoms with van der Waals surface area (Å²) in [5.74, 6) is 0.351. The molecule has 9 heterocycles. The van der Waals surface area contributed by atoms with Crippen LogP contribution in [0.25, 0.3) is 80.4 Å². The molecule has 15 heteroatoms. The molecule has 1 aliphatic rings. The molecule has 0 fully saturated rings. The number of thiophene rings is 8. The minimum Gasteiger partial charge on any atom is -0.462 e. The van der Waals surface area contributed by atoms with E-state index in [0.717, 1.165) is 86.8 Å². The van der Waals surface area contributed by atoms with Crippen molar-refractivity contribution in [2.75, 3.05) is 13.2 Å². The molecule has 0 N–H and O–H groups in total. The summed E-state index contributed by atoms with van der Waals surface area (Å²) < 4.78 is 11.5. The molecule has 0 saturated carbocycles. The molecule has 0 bridgehead atoms. The molecule has 0 radical (unpaired) electrons. The van der Waals surface area contributed by atoms with Gasteiger partial charge in [-0.15, -0.1) is 90.7 Å². The van der Waals surface area contributed by atoms with E-state index in [1.165, 1.54) is 375 Å². The Balaban J connectivity index is 1.13. The lowest BCUT2D eigenvalue weighted by Crippen LogP contribution is -2.56. The lowest BCUT2D eigenvalue weighted by molar-refractivity contribution is -0.139. The van der Waals surface area contributed by atoms with Crippen molar-refractivity contribution in [1.82, 2.24) is 0 Å². The third-order valence-corrected chi connectivity index (χ3v) is 42.9. The Labute approximate surface area is 805 Å². The maximum absolute atomic E-state index is 13.6. The lowest BCUT2D eigenvalue weighted by atomic mass is 10.0. The third kappa shape index (κ3) is 34.0. The number of hydrogen-bond acceptors (Lipinski definition) is 14. The van der Waals surface area contributed by atoms with Gasteiger partial charge in [0.15, 0.2) is 0 Å². The standard InChI is InChI=1S/C112H164N2O4S8Si/c1-11-21-29-35-41-45-49-55-63-87-73-93(75-91(81-113)111(115)117-71-59-53-39-33-25-15-5)119-105(87)95-67-69-97(121-95)107-89(65-57-51-47-43-37-31-23-13-3)77-99(123-107)101-79-103-109(125-101)110-104(127(103,83-85(19-9)61-27-17-7)84-86(20-10)62-28-18-8)80-102(126-110)100-78-90(66-58-52-48-44-38-32-24-14-4)108(124-100)98-70-68-96(122-98)106-88(64-56-50-46-42-36-30-22-12-2)74-94(120-106)76-92(82-114)112(116)118-72-60-54-40-34-26-16-6/h67-70,73-80,85-86H,11-66,71-72,83-84H2,1-10H3/b91-75+,92-76+. The normalized spacial score (nSPS) is 13.1. The van der Waals surface area contributed by atoms with Gasteiger partial charge in [-0.3, -0.25) is 0 Å². The molecule has 9 rings (SSSR count). The number of rotatable bonds is 72. The lowest BCUT2D eigenvalue weighted by Gasteiger charge is -2.35. The van der Waals surface area contributed by atoms with E-state index in [-0.39, 0.29) is 11.1 Å². The summed E-state index contributed by atoms with van der Waals surface area (Å²) in [5, 5.41) is 24.5. The van der Waals surface area contributed by atoms with Crippen molar-refractivity contribution >= 4 is 133 Å². The Bertz CT molecular complexity index is 4290. The zero-order valence-corrected chi connectivity index (χ0v) is 88.3. The highest BCUT2D eigenvalue weighted by Gasteiger charge is 2.50. The van der Waals surface area contributed by atoms with E-state index in [4.69, 9.17) is 9.47 Å². The molecule has 0 aliphatic carbocycles. The number of nitrogens with zero attached hydrogens (tertiary/aromatic N) is 2. The monoisotopic (exact) mass is 1890 g/mol. The van der Waals surface area contributed by atoms with Gasteiger partial charge in [0.1, 0.15) is 31.4 Å². The summed E-state index contributed by atoms with van der Waals surface area (Å²) in [6, 6.07) is 32.4. The van der Waals surface area contributed by atoms with Crippen molar-refractivity contribution in [2.45, 2.75) is 441 Å². The minimum atomic E-state index is -2.44. The van der Waals surface area contributed by atoms with Gasteiger partial charge >= 0.3 is 11.9 Å². The van der Waals surface area contributed by atoms with E-state index in [1.807, 2.05) is 34.8 Å². The van der Waals surface area contributed by atoms with Gasteiger partial charge in [-0.1, -0.05) is 365 Å². The van der Waals surface area contributed by atoms with Crippen LogP contribution in [0.15, 0.2) is 71.8 Å². The zero-order chi connectivity index (χ0) is 90.1. The molecule has 2 unspecified atom stereocenters. The van der Waals surface area contributed by atoms with Crippen LogP contribution in [-0.2, 0) is 44.7 Å². The van der Waals surface area contributed by atoms with E-state index in [2.05, 4.69) is 187 Å². The Morgan fingerprint density at radius 3 is 0.835 bits per heavy atom. The van der Waals surface area contributed by atoms with Crippen molar-refractivity contribution < 1.29 is 19.1 Å². The topological polar surface area (TPSA) is 100 Å². The molecule has 6 nitrogen and oxygen atoms in total. The van der Waals surface area contributed by atoms with Gasteiger partial charge in [-0.25, -0.2) is 9.59 Å². The summed E-state index contributed by atoms with van der Waals surface area (Å²) in [4.78, 5) is 48.8. The van der Waals surface area contributed by atoms with Gasteiger partial charge in [0, 0.05) is 78.0 Å². The average molecular weight is 1890 g/mol. The first kappa shape index (κ1) is 106. The molecule has 0 spiro atoms. The highest BCUT2D eigenvalue weighted by atomic mass is 32.1. The van der Waals surface area contributed by atoms with Crippen LogP contribution >= 0.6 is 90.7 Å². The quantitative estimate of drug-likeness (QED) is 0.0124. The smallest absolute Gasteiger partial charge is 0.348 e. The van der Waals surface area contributed by atoms with Crippen molar-refractivity contribution in [3.63, 3.8) is 0 Å². The van der Waals surface area contributed by atoms with Crippen LogP contribution in [0.4, 0.5) is 0 Å². The first-order valence-electron chi connectivity index (χ1n) is 51.9. The highest BCUT2D eigenvalue weighted by Crippen LogP contribution is 2.54. The fourth-order valence-corrected chi connectivity index (χ4v) is 37.0. The second kappa shape index (κ2) is 61.2. The SMILES string of the molecule is CCCCCCCCCCc1cc(/C=C(\C#N)C(=O)OCCCCCCCC)sc1-c1ccc(-c2sc(-c3cc4c(s3)-c3sc(-c5cc(CCCCCCCCCC)c(-c6ccc(-c7sc(/C=C(\C#N)C(=O)OCCCCCCCC)cc7CCCCCCCCCC)s6)s5)cc3[Si]4(CC(CC)CCCC)CC(CC)CCCC)cc2CCCCCCCCCC)s1. The molecule has 698 valence electrons. The molecule has 0 amide bonds. The number of carbonyl (C=O) groups is 2. The maximum Gasteiger partial charge on any atom is 0.348 e. The maximum atomic E-state index is 13.6. The molecule has 8 aromatic rings. The molecule has 0 aromatic carbocycles. The van der Waals surface area contributed by atoms with Crippen LogP contribution in [0.3, 0.4) is 0 Å². The predicted molar refractivity (Wildman–Crippen MR) is 570 cm³/mol. The first-order valence-corrected chi connectivity index (χ1v) is 60.9. The second-order valence-corrected chi connectivity index (χ2v) is 49.9. The number of aryl methyl sites for hydroxylation is 4. The number of carbonyl (C=O) groups excluding carboxylic acids is 2. The van der Waals surface area contributed by atoms with E-state index < -0.39 is 20.0 Å². The summed E-state index contributed by atoms with van der Waals surface area (Å²) in [6.45, 7) is 24.3. The van der Waals surface area contributed by atoms with Crippen LogP contribution in [0.5, 0.6) is 0 Å². The van der Waals surface area contributed by atoms with Gasteiger partial charge in [-0.2, -0.15) is 10.5 Å². The van der Waals surface area contributed by atoms with Gasteiger partial charge in [0.25, 0.3) is 0 Å². The molecular formula is C112H164N2O4S8Si. The van der Waals surface area contributed by atoms with Gasteiger partial charge in [0.05, 0.1) is 13.2 Å². The summed E-state index contributed by atoms with van der Waals surface area (Å²) in [5.41, 5.74) is 5.85. The predicted octanol–water partition coefficient (Wildman–Crippen LogP) is 38.5. The van der Waals surface area contributed by atoms with Gasteiger partial charge < -0.3 is 9.47 Å². The number of esters is 2. The van der Waals surface area contributed by atoms with Crippen LogP contribution in [0.1, 0.15) is 435 Å². The molecular weight excluding hydrogens is 1720 g/mol. The average Bonchev–Trinajstić information content (AvgIpc) is 1.54. The van der Waals surface area contributed by atoms with Crippen LogP contribution < -0.4 is 10.4 Å². The number of fused-ring (bicyclic) bond motifs is 3. The molecule has 1 aliphatic heterocycles. The number of ether oxygens (including phenoxy) is 2. The fourth-order valence-electron chi connectivity index (χ4n) is 19.1. The summed E-state index contributed by atoms with van der Waals surface area (Å²) in [7, 11) is -2.44. The van der Waals surface area contributed by atoms with E-state index in [0.29, 0.717) is 25.0 Å². The Kier molecular flexibility index (Phi) is 51.0. The fraction of sp³-hybridized carbons (Fsp3) is 0.643. The highest BCUT2D eigenvalue weighted by molar-refractivity contribution is 7.35. The van der Waals surface area contributed by atoms with Gasteiger partial charge in [0.2, 0.25) is 0 Å². The largest absolute Gasteiger partial charge is 0.462 e. The Morgan fingerprint density at radius 2 is 0.551 bits per heavy atom. The Hall–Kier alpha value is -4.78. The molecule has 8 aromatic heterocycles. The van der Waals surface area contributed by atoms with E-state index >= 15 is 0 Å². The zero-order valence-electron chi connectivity index (χ0n) is 80.8. The van der Waals surface area contributed by atoms with Crippen LogP contribution in [0.2, 0.25) is 12.1 Å². The van der Waals surface area contributed by atoms with Crippen molar-refractivity contribution in [3.8, 4) is 80.4 Å². The summed E-state index contributed by atoms with van der Waals surface area (Å²) >= 11 is 15.8. The summed E-state index contributed by atoms with van der Waals surface area (Å²) in [6.07, 6.45) is 72.3. The first-order chi connectivity index (χ1) is 62.3. The van der Waals surface area contributed by atoms with Crippen LogP contribution in [0, 0.1) is 34.5 Å². The Morgan fingerprint density at radius 1 is 0.299 bits per heavy atom. The molecule has 127 heavy (non-hydrogen) atoms. The van der Waals surface area contributed by atoms with Crippen molar-refractivity contribution in [2.24, 2.45) is 11.8 Å². The number of hydrogen-bond donors (Lipinski definition) is 0. The van der Waals surface area contributed by atoms with E-state index in [9.17, 15) is 20.1 Å². The van der Waals surface area contributed by atoms with E-state index in [1.54, 1.807) is 42.8 Å². The number of nitriles is 2. The second-order valence-electron chi connectivity index (χ2n) is 37.3. The third-order valence-electron chi connectivity index (χ3n) is 26.8. The van der Waals surface area contributed by atoms with Crippen LogP contribution in [-0.4, -0.2) is 33.2 Å². The minimum absolute atomic E-state index is 0.0885. The molecule has 0 saturated heterocycles. The molecule has 2 atom stereocenters. The van der Waals surface area contributed by atoms with Crippen molar-refractivity contribution in [1.29, 1.82) is 10.5 Å². The van der Waals surface area contributed by atoms with Crippen molar-refractivity contribution in [3.05, 3.63) is 104 Å². The van der Waals surface area contributed by atoms with Gasteiger partial charge in [-0.05, 0) is 194 Å².